The molecule has 0 saturated heterocycles. The van der Waals surface area contributed by atoms with E-state index < -0.39 is 18.0 Å². The standard InChI is InChI=1S/C22H24N2O4/c1-15(2)27-20-6-4-5-18(13-20)14-21(25)28-16(3)22(26)24-19-9-7-17(8-10-19)11-12-23/h4-10,13,15-16H,11,14H2,1-3H3,(H,24,26). The van der Waals surface area contributed by atoms with E-state index in [4.69, 9.17) is 14.7 Å². The summed E-state index contributed by atoms with van der Waals surface area (Å²) in [4.78, 5) is 24.4. The van der Waals surface area contributed by atoms with E-state index in [0.717, 1.165) is 11.1 Å². The molecule has 6 heteroatoms. The third-order valence-electron chi connectivity index (χ3n) is 3.80. The zero-order valence-corrected chi connectivity index (χ0v) is 16.3. The van der Waals surface area contributed by atoms with Gasteiger partial charge in [0.15, 0.2) is 6.10 Å². The third-order valence-corrected chi connectivity index (χ3v) is 3.80. The van der Waals surface area contributed by atoms with Crippen molar-refractivity contribution in [3.8, 4) is 11.8 Å². The van der Waals surface area contributed by atoms with Crippen LogP contribution in [0.1, 0.15) is 31.9 Å². The Hall–Kier alpha value is -3.33. The highest BCUT2D eigenvalue weighted by atomic mass is 16.5. The summed E-state index contributed by atoms with van der Waals surface area (Å²) in [6.07, 6.45) is -0.525. The Balaban J connectivity index is 1.87. The SMILES string of the molecule is CC(C)Oc1cccc(CC(=O)OC(C)C(=O)Nc2ccc(CC#N)cc2)c1. The summed E-state index contributed by atoms with van der Waals surface area (Å²) in [5, 5.41) is 11.4. The molecule has 1 unspecified atom stereocenters. The molecular weight excluding hydrogens is 356 g/mol. The van der Waals surface area contributed by atoms with E-state index in [9.17, 15) is 9.59 Å². The predicted molar refractivity (Wildman–Crippen MR) is 106 cm³/mol. The van der Waals surface area contributed by atoms with Gasteiger partial charge in [0, 0.05) is 5.69 Å². The van der Waals surface area contributed by atoms with Gasteiger partial charge in [0.05, 0.1) is 25.0 Å². The first kappa shape index (κ1) is 21.0. The van der Waals surface area contributed by atoms with E-state index in [0.29, 0.717) is 17.9 Å². The third kappa shape index (κ3) is 6.76. The van der Waals surface area contributed by atoms with Gasteiger partial charge < -0.3 is 14.8 Å². The monoisotopic (exact) mass is 380 g/mol. The van der Waals surface area contributed by atoms with Gasteiger partial charge >= 0.3 is 5.97 Å². The average Bonchev–Trinajstić information content (AvgIpc) is 2.63. The highest BCUT2D eigenvalue weighted by molar-refractivity contribution is 5.95. The smallest absolute Gasteiger partial charge is 0.311 e. The van der Waals surface area contributed by atoms with Gasteiger partial charge in [0.2, 0.25) is 0 Å². The Morgan fingerprint density at radius 2 is 1.79 bits per heavy atom. The zero-order valence-electron chi connectivity index (χ0n) is 16.3. The number of nitriles is 1. The fraction of sp³-hybridized carbons (Fsp3) is 0.318. The largest absolute Gasteiger partial charge is 0.491 e. The van der Waals surface area contributed by atoms with Crippen molar-refractivity contribution in [1.82, 2.24) is 0 Å². The summed E-state index contributed by atoms with van der Waals surface area (Å²) in [5.41, 5.74) is 2.20. The Kier molecular flexibility index (Phi) is 7.58. The van der Waals surface area contributed by atoms with Crippen LogP contribution >= 0.6 is 0 Å². The van der Waals surface area contributed by atoms with Gasteiger partial charge in [-0.3, -0.25) is 9.59 Å². The van der Waals surface area contributed by atoms with Crippen molar-refractivity contribution in [3.63, 3.8) is 0 Å². The second-order valence-corrected chi connectivity index (χ2v) is 6.64. The van der Waals surface area contributed by atoms with Crippen molar-refractivity contribution in [2.24, 2.45) is 0 Å². The molecule has 0 spiro atoms. The lowest BCUT2D eigenvalue weighted by Gasteiger charge is -2.14. The molecule has 0 heterocycles. The molecule has 0 radical (unpaired) electrons. The molecule has 0 bridgehead atoms. The first-order valence-corrected chi connectivity index (χ1v) is 9.09. The van der Waals surface area contributed by atoms with Crippen LogP contribution in [0.3, 0.4) is 0 Å². The lowest BCUT2D eigenvalue weighted by Crippen LogP contribution is -2.30. The number of nitrogens with one attached hydrogen (secondary N) is 1. The fourth-order valence-corrected chi connectivity index (χ4v) is 2.50. The van der Waals surface area contributed by atoms with Crippen LogP contribution in [0.4, 0.5) is 5.69 Å². The highest BCUT2D eigenvalue weighted by Crippen LogP contribution is 2.16. The van der Waals surface area contributed by atoms with Gasteiger partial charge in [0.1, 0.15) is 5.75 Å². The number of carbonyl (C=O) groups is 2. The number of ether oxygens (including phenoxy) is 2. The summed E-state index contributed by atoms with van der Waals surface area (Å²) in [7, 11) is 0. The van der Waals surface area contributed by atoms with Gasteiger partial charge in [-0.2, -0.15) is 5.26 Å². The molecule has 2 aromatic carbocycles. The van der Waals surface area contributed by atoms with Crippen LogP contribution in [-0.2, 0) is 27.2 Å². The Labute approximate surface area is 165 Å². The van der Waals surface area contributed by atoms with Gasteiger partial charge in [-0.25, -0.2) is 0 Å². The second kappa shape index (κ2) is 10.1. The van der Waals surface area contributed by atoms with Crippen molar-refractivity contribution in [3.05, 3.63) is 59.7 Å². The molecule has 1 atom stereocenters. The van der Waals surface area contributed by atoms with E-state index in [1.54, 1.807) is 30.3 Å². The van der Waals surface area contributed by atoms with Crippen molar-refractivity contribution in [2.75, 3.05) is 5.32 Å². The number of benzene rings is 2. The van der Waals surface area contributed by atoms with Crippen molar-refractivity contribution < 1.29 is 19.1 Å². The number of anilines is 1. The van der Waals surface area contributed by atoms with Crippen molar-refractivity contribution in [1.29, 1.82) is 5.26 Å². The molecule has 6 nitrogen and oxygen atoms in total. The maximum absolute atomic E-state index is 12.2. The normalized spacial score (nSPS) is 11.4. The van der Waals surface area contributed by atoms with Crippen molar-refractivity contribution in [2.45, 2.75) is 45.8 Å². The van der Waals surface area contributed by atoms with Crippen LogP contribution in [0.2, 0.25) is 0 Å². The van der Waals surface area contributed by atoms with E-state index in [1.165, 1.54) is 6.92 Å². The molecule has 1 N–H and O–H groups in total. The van der Waals surface area contributed by atoms with E-state index in [1.807, 2.05) is 32.0 Å². The molecular formula is C22H24N2O4. The molecule has 0 fully saturated rings. The Morgan fingerprint density at radius 1 is 1.07 bits per heavy atom. The first-order chi connectivity index (χ1) is 13.4. The van der Waals surface area contributed by atoms with Gasteiger partial charge in [-0.05, 0) is 56.2 Å². The predicted octanol–water partition coefficient (Wildman–Crippen LogP) is 3.65. The number of hydrogen-bond acceptors (Lipinski definition) is 5. The minimum Gasteiger partial charge on any atom is -0.491 e. The second-order valence-electron chi connectivity index (χ2n) is 6.64. The van der Waals surface area contributed by atoms with E-state index >= 15 is 0 Å². The number of carbonyl (C=O) groups excluding carboxylic acids is 2. The molecule has 28 heavy (non-hydrogen) atoms. The Bertz CT molecular complexity index is 854. The summed E-state index contributed by atoms with van der Waals surface area (Å²) in [6.45, 7) is 5.38. The summed E-state index contributed by atoms with van der Waals surface area (Å²) in [6, 6.07) is 16.2. The lowest BCUT2D eigenvalue weighted by molar-refractivity contribution is -0.152. The number of esters is 1. The molecule has 0 saturated carbocycles. The minimum absolute atomic E-state index is 0.0416. The number of nitrogens with zero attached hydrogens (tertiary/aromatic N) is 1. The molecule has 0 aromatic heterocycles. The minimum atomic E-state index is -0.929. The summed E-state index contributed by atoms with van der Waals surface area (Å²) in [5.74, 6) is -0.224. The summed E-state index contributed by atoms with van der Waals surface area (Å²) >= 11 is 0. The number of amides is 1. The zero-order chi connectivity index (χ0) is 20.5. The lowest BCUT2D eigenvalue weighted by atomic mass is 10.1. The first-order valence-electron chi connectivity index (χ1n) is 9.09. The molecule has 0 aliphatic heterocycles. The van der Waals surface area contributed by atoms with Crippen LogP contribution in [0.15, 0.2) is 48.5 Å². The number of hydrogen-bond donors (Lipinski definition) is 1. The van der Waals surface area contributed by atoms with E-state index in [2.05, 4.69) is 11.4 Å². The van der Waals surface area contributed by atoms with Crippen LogP contribution in [-0.4, -0.2) is 24.1 Å². The fourth-order valence-electron chi connectivity index (χ4n) is 2.50. The molecule has 1 amide bonds. The highest BCUT2D eigenvalue weighted by Gasteiger charge is 2.18. The molecule has 146 valence electrons. The molecule has 2 rings (SSSR count). The molecule has 0 aliphatic rings. The Morgan fingerprint density at radius 3 is 2.43 bits per heavy atom. The van der Waals surface area contributed by atoms with Crippen LogP contribution in [0.5, 0.6) is 5.75 Å². The van der Waals surface area contributed by atoms with Crippen LogP contribution < -0.4 is 10.1 Å². The van der Waals surface area contributed by atoms with Gasteiger partial charge in [-0.15, -0.1) is 0 Å². The average molecular weight is 380 g/mol. The van der Waals surface area contributed by atoms with Crippen molar-refractivity contribution >= 4 is 17.6 Å². The number of rotatable bonds is 8. The maximum atomic E-state index is 12.2. The molecule has 0 aliphatic carbocycles. The van der Waals surface area contributed by atoms with Gasteiger partial charge in [0.25, 0.3) is 5.91 Å². The van der Waals surface area contributed by atoms with Gasteiger partial charge in [-0.1, -0.05) is 24.3 Å². The quantitative estimate of drug-likeness (QED) is 0.706. The summed E-state index contributed by atoms with van der Waals surface area (Å²) < 4.78 is 10.8. The van der Waals surface area contributed by atoms with E-state index in [-0.39, 0.29) is 12.5 Å². The van der Waals surface area contributed by atoms with Crippen LogP contribution in [0, 0.1) is 11.3 Å². The molecule has 2 aromatic rings. The van der Waals surface area contributed by atoms with Crippen LogP contribution in [0.25, 0.3) is 0 Å². The topological polar surface area (TPSA) is 88.4 Å². The maximum Gasteiger partial charge on any atom is 0.311 e.